The minimum atomic E-state index is -4.79. The predicted molar refractivity (Wildman–Crippen MR) is 303 cm³/mol. The molecule has 8 saturated carbocycles. The maximum absolute atomic E-state index is 12.9. The lowest BCUT2D eigenvalue weighted by atomic mass is 9.43. The van der Waals surface area contributed by atoms with E-state index in [1.165, 1.54) is 64.2 Å². The highest BCUT2D eigenvalue weighted by molar-refractivity contribution is 6.74. The van der Waals surface area contributed by atoms with Crippen molar-refractivity contribution >= 4 is 22.4 Å². The van der Waals surface area contributed by atoms with Crippen LogP contribution in [0.25, 0.3) is 0 Å². The molecule has 76 heavy (non-hydrogen) atoms. The Morgan fingerprint density at radius 1 is 0.526 bits per heavy atom. The zero-order valence-corrected chi connectivity index (χ0v) is 52.9. The molecule has 21 atom stereocenters. The van der Waals surface area contributed by atoms with E-state index in [0.717, 1.165) is 68.4 Å². The second-order valence-corrected chi connectivity index (χ2v) is 41.3. The molecule has 12 heteroatoms. The van der Waals surface area contributed by atoms with Crippen molar-refractivity contribution in [2.75, 3.05) is 0 Å². The van der Waals surface area contributed by atoms with Gasteiger partial charge in [0.05, 0.1) is 0 Å². The smallest absolute Gasteiger partial charge is 0.414 e. The third-order valence-corrected chi connectivity index (χ3v) is 34.5. The summed E-state index contributed by atoms with van der Waals surface area (Å²) in [4.78, 5) is 11.5. The summed E-state index contributed by atoms with van der Waals surface area (Å²) in [5.74, 6) is 5.62. The number of carbonyl (C=O) groups excluding carboxylic acids is 1. The summed E-state index contributed by atoms with van der Waals surface area (Å²) in [5, 5.41) is 9.90. The Balaban J connectivity index is 0.000000221. The van der Waals surface area contributed by atoms with Crippen LogP contribution in [-0.4, -0.2) is 58.2 Å². The number of carbonyl (C=O) groups is 1. The van der Waals surface area contributed by atoms with Crippen molar-refractivity contribution in [2.45, 2.75) is 267 Å². The highest BCUT2D eigenvalue weighted by atomic mass is 28.4. The van der Waals surface area contributed by atoms with Crippen molar-refractivity contribution in [3.8, 4) is 0 Å². The molecule has 0 spiro atoms. The SMILES string of the molecule is C[C@@H]1CC[C@]2(C)C3CC[C@@]4(C)C(CC[C@@H]4[C@H](C)/C=C/C(=O)C(F)(F)F)C3C[C@H](O[Si](C)(C)C(C)(C)C)[C@@H]2C1.C[C@@H]1CC[C@]2(C)C3CC[C@@]4(C)C(CC[C@@H]4[C@H](C)/C=C/C(O)C(F)(F)F)C3C[C@H](O[Si](C)(C)C(C)(C)C)[C@@H]2C1. The Labute approximate surface area is 460 Å². The van der Waals surface area contributed by atoms with Crippen LogP contribution in [0.5, 0.6) is 0 Å². The first-order chi connectivity index (χ1) is 34.6. The van der Waals surface area contributed by atoms with E-state index >= 15 is 0 Å². The zero-order chi connectivity index (χ0) is 56.9. The van der Waals surface area contributed by atoms with E-state index in [0.29, 0.717) is 76.3 Å². The van der Waals surface area contributed by atoms with Crippen LogP contribution in [0, 0.1) is 105 Å². The highest BCUT2D eigenvalue weighted by Crippen LogP contribution is 2.71. The number of hydrogen-bond donors (Lipinski definition) is 1. The molecular weight excluding hydrogens is 1000 g/mol. The molecule has 0 heterocycles. The van der Waals surface area contributed by atoms with E-state index in [1.807, 2.05) is 6.92 Å². The molecule has 0 bridgehead atoms. The molecule has 0 radical (unpaired) electrons. The molecule has 8 aliphatic carbocycles. The Morgan fingerprint density at radius 2 is 0.882 bits per heavy atom. The van der Waals surface area contributed by atoms with Crippen LogP contribution >= 0.6 is 0 Å². The van der Waals surface area contributed by atoms with Gasteiger partial charge in [-0.05, 0) is 237 Å². The Kier molecular flexibility index (Phi) is 17.9. The lowest BCUT2D eigenvalue weighted by Crippen LogP contribution is -2.60. The molecule has 1 N–H and O–H groups in total. The van der Waals surface area contributed by atoms with Crippen molar-refractivity contribution < 1.29 is 45.1 Å². The Bertz CT molecular complexity index is 2090. The standard InChI is InChI=1S/C32H55F3O2Si.C32H53F3O2Si/c2*1-20-14-16-31(7)25-15-17-30(6)23(21(2)10-13-28(36)32(33,34)35)11-12-24(30)22(25)19-27(26(31)18-20)37-38(8,9)29(3,4)5/h10,13,20-28,36H,11-12,14-19H2,1-9H3;10,13,20-27H,11-12,14-19H2,1-9H3/b2*13-10+/t20-,21-,22?,23-,24?,25?,26+,27+,28?,30-,31-;20-,21-,22?,23-,24?,25?,26+,27+,30-,31-/m11/s1. The van der Waals surface area contributed by atoms with Gasteiger partial charge in [0.15, 0.2) is 22.7 Å². The summed E-state index contributed by atoms with van der Waals surface area (Å²) in [6, 6.07) is 0. The van der Waals surface area contributed by atoms with E-state index < -0.39 is 40.9 Å². The first kappa shape index (κ1) is 62.6. The fraction of sp³-hybridized carbons (Fsp3) is 0.922. The van der Waals surface area contributed by atoms with Crippen molar-refractivity contribution in [3.63, 3.8) is 0 Å². The molecule has 4 nitrogen and oxygen atoms in total. The molecule has 8 rings (SSSR count). The van der Waals surface area contributed by atoms with E-state index in [1.54, 1.807) is 12.2 Å². The number of halogens is 6. The molecule has 0 aromatic carbocycles. The van der Waals surface area contributed by atoms with E-state index in [4.69, 9.17) is 8.85 Å². The number of aliphatic hydroxyl groups is 1. The molecule has 438 valence electrons. The lowest BCUT2D eigenvalue weighted by Gasteiger charge is -2.64. The molecule has 0 aromatic heterocycles. The van der Waals surface area contributed by atoms with Crippen molar-refractivity contribution in [1.29, 1.82) is 0 Å². The van der Waals surface area contributed by atoms with Crippen molar-refractivity contribution in [1.82, 2.24) is 0 Å². The highest BCUT2D eigenvalue weighted by Gasteiger charge is 2.65. The van der Waals surface area contributed by atoms with Gasteiger partial charge in [-0.25, -0.2) is 0 Å². The van der Waals surface area contributed by atoms with E-state index in [2.05, 4.69) is 116 Å². The van der Waals surface area contributed by atoms with E-state index in [9.17, 15) is 36.2 Å². The summed E-state index contributed by atoms with van der Waals surface area (Å²) in [5.41, 5.74) is 0.885. The normalized spacial score (nSPS) is 43.4. The number of hydrogen-bond acceptors (Lipinski definition) is 4. The third-order valence-electron chi connectivity index (χ3n) is 25.5. The summed E-state index contributed by atoms with van der Waals surface area (Å²) in [6.45, 7) is 42.6. The molecule has 7 unspecified atom stereocenters. The lowest BCUT2D eigenvalue weighted by molar-refractivity contribution is -0.187. The van der Waals surface area contributed by atoms with Gasteiger partial charge < -0.3 is 14.0 Å². The Morgan fingerprint density at radius 3 is 1.24 bits per heavy atom. The second-order valence-electron chi connectivity index (χ2n) is 31.8. The number of aliphatic hydroxyl groups excluding tert-OH is 1. The quantitative estimate of drug-likeness (QED) is 0.103. The van der Waals surface area contributed by atoms with Crippen LogP contribution in [-0.2, 0) is 13.6 Å². The fourth-order valence-electron chi connectivity index (χ4n) is 19.1. The van der Waals surface area contributed by atoms with Gasteiger partial charge in [0.1, 0.15) is 0 Å². The van der Waals surface area contributed by atoms with Gasteiger partial charge in [-0.3, -0.25) is 4.79 Å². The number of rotatable bonds is 10. The van der Waals surface area contributed by atoms with Crippen LogP contribution in [0.1, 0.15) is 200 Å². The van der Waals surface area contributed by atoms with Gasteiger partial charge in [0.25, 0.3) is 5.78 Å². The summed E-state index contributed by atoms with van der Waals surface area (Å²) < 4.78 is 91.9. The molecule has 8 fully saturated rings. The minimum absolute atomic E-state index is 0.0280. The molecule has 0 aliphatic heterocycles. The predicted octanol–water partition coefficient (Wildman–Crippen LogP) is 19.0. The zero-order valence-electron chi connectivity index (χ0n) is 50.9. The molecular formula is C64H108F6O4Si2. The Hall–Kier alpha value is -0.956. The van der Waals surface area contributed by atoms with Crippen LogP contribution in [0.15, 0.2) is 24.3 Å². The summed E-state index contributed by atoms with van der Waals surface area (Å²) in [7, 11) is -3.86. The van der Waals surface area contributed by atoms with Crippen LogP contribution in [0.2, 0.25) is 36.3 Å². The van der Waals surface area contributed by atoms with Crippen molar-refractivity contribution in [2.24, 2.45) is 105 Å². The number of alkyl halides is 6. The van der Waals surface area contributed by atoms with Crippen LogP contribution < -0.4 is 0 Å². The average molecular weight is 1110 g/mol. The average Bonchev–Trinajstić information content (AvgIpc) is 3.84. The number of ketones is 1. The minimum Gasteiger partial charge on any atom is -0.414 e. The molecule has 8 aliphatic rings. The summed E-state index contributed by atoms with van der Waals surface area (Å²) >= 11 is 0. The molecule has 0 saturated heterocycles. The monoisotopic (exact) mass is 1110 g/mol. The maximum Gasteiger partial charge on any atom is 0.454 e. The van der Waals surface area contributed by atoms with Gasteiger partial charge in [-0.15, -0.1) is 0 Å². The topological polar surface area (TPSA) is 55.8 Å². The fourth-order valence-corrected chi connectivity index (χ4v) is 21.8. The first-order valence-corrected chi connectivity index (χ1v) is 36.5. The van der Waals surface area contributed by atoms with Gasteiger partial charge in [0.2, 0.25) is 0 Å². The number of fused-ring (bicyclic) bond motifs is 10. The van der Waals surface area contributed by atoms with Gasteiger partial charge >= 0.3 is 12.4 Å². The summed E-state index contributed by atoms with van der Waals surface area (Å²) in [6.07, 6.45) is 13.2. The first-order valence-electron chi connectivity index (χ1n) is 30.7. The maximum atomic E-state index is 12.9. The molecule has 0 amide bonds. The largest absolute Gasteiger partial charge is 0.454 e. The van der Waals surface area contributed by atoms with E-state index in [-0.39, 0.29) is 32.7 Å². The van der Waals surface area contributed by atoms with Crippen LogP contribution in [0.3, 0.4) is 0 Å². The second kappa shape index (κ2) is 21.7. The van der Waals surface area contributed by atoms with Gasteiger partial charge in [0, 0.05) is 12.2 Å². The van der Waals surface area contributed by atoms with Gasteiger partial charge in [-0.1, -0.05) is 128 Å². The third kappa shape index (κ3) is 11.8. The van der Waals surface area contributed by atoms with Crippen molar-refractivity contribution in [3.05, 3.63) is 24.3 Å². The number of allylic oxidation sites excluding steroid dienone is 3. The van der Waals surface area contributed by atoms with Gasteiger partial charge in [-0.2, -0.15) is 26.3 Å². The van der Waals surface area contributed by atoms with Crippen LogP contribution in [0.4, 0.5) is 26.3 Å². The molecule has 0 aromatic rings.